The van der Waals surface area contributed by atoms with Gasteiger partial charge in [0, 0.05) is 0 Å². The van der Waals surface area contributed by atoms with Gasteiger partial charge in [-0.15, -0.1) is 0 Å². The SMILES string of the molecule is C=C1N=C(Cl)N=C(Cl)C1F. The fourth-order valence-corrected chi connectivity index (χ4v) is 0.931. The highest BCUT2D eigenvalue weighted by Crippen LogP contribution is 2.17. The molecule has 10 heavy (non-hydrogen) atoms. The summed E-state index contributed by atoms with van der Waals surface area (Å²) < 4.78 is 12.6. The van der Waals surface area contributed by atoms with Gasteiger partial charge in [0.2, 0.25) is 5.29 Å². The number of allylic oxidation sites excluding steroid dienone is 1. The van der Waals surface area contributed by atoms with E-state index in [4.69, 9.17) is 23.2 Å². The van der Waals surface area contributed by atoms with Crippen molar-refractivity contribution in [1.82, 2.24) is 0 Å². The van der Waals surface area contributed by atoms with E-state index in [1.807, 2.05) is 0 Å². The second-order valence-corrected chi connectivity index (χ2v) is 2.39. The Morgan fingerprint density at radius 3 is 2.50 bits per heavy atom. The molecule has 1 aliphatic heterocycles. The maximum absolute atomic E-state index is 12.6. The number of halogens is 3. The fourth-order valence-electron chi connectivity index (χ4n) is 0.482. The summed E-state index contributed by atoms with van der Waals surface area (Å²) in [5, 5.41) is -0.297. The predicted octanol–water partition coefficient (Wildman–Crippen LogP) is 2.08. The molecule has 2 nitrogen and oxygen atoms in total. The lowest BCUT2D eigenvalue weighted by molar-refractivity contribution is 0.473. The topological polar surface area (TPSA) is 24.7 Å². The number of amidine groups is 1. The van der Waals surface area contributed by atoms with Crippen LogP contribution >= 0.6 is 23.2 Å². The van der Waals surface area contributed by atoms with Gasteiger partial charge in [-0.25, -0.2) is 14.4 Å². The molecule has 0 radical (unpaired) electrons. The minimum absolute atomic E-state index is 0.00926. The summed E-state index contributed by atoms with van der Waals surface area (Å²) in [6, 6.07) is 0. The number of rotatable bonds is 0. The molecule has 0 N–H and O–H groups in total. The molecule has 1 unspecified atom stereocenters. The highest BCUT2D eigenvalue weighted by Gasteiger charge is 2.20. The third-order valence-corrected chi connectivity index (χ3v) is 1.38. The maximum atomic E-state index is 12.6. The first-order valence-corrected chi connectivity index (χ1v) is 3.18. The third-order valence-electron chi connectivity index (χ3n) is 0.937. The molecule has 0 aromatic rings. The van der Waals surface area contributed by atoms with E-state index < -0.39 is 6.17 Å². The van der Waals surface area contributed by atoms with Crippen molar-refractivity contribution in [2.24, 2.45) is 9.98 Å². The van der Waals surface area contributed by atoms with Crippen LogP contribution in [-0.2, 0) is 0 Å². The van der Waals surface area contributed by atoms with Crippen molar-refractivity contribution in [2.75, 3.05) is 0 Å². The smallest absolute Gasteiger partial charge is 0.223 e. The van der Waals surface area contributed by atoms with Crippen LogP contribution in [0.25, 0.3) is 0 Å². The Labute approximate surface area is 67.1 Å². The van der Waals surface area contributed by atoms with E-state index in [1.165, 1.54) is 0 Å². The second-order valence-electron chi connectivity index (χ2n) is 1.67. The summed E-state index contributed by atoms with van der Waals surface area (Å²) >= 11 is 10.6. The van der Waals surface area contributed by atoms with Crippen LogP contribution in [0, 0.1) is 0 Å². The van der Waals surface area contributed by atoms with Crippen LogP contribution in [0.1, 0.15) is 0 Å². The molecule has 1 heterocycles. The molecule has 0 fully saturated rings. The van der Waals surface area contributed by atoms with E-state index in [1.54, 1.807) is 0 Å². The first-order valence-electron chi connectivity index (χ1n) is 2.42. The third kappa shape index (κ3) is 1.36. The molecule has 0 saturated carbocycles. The summed E-state index contributed by atoms with van der Waals surface area (Å²) in [7, 11) is 0. The molecular formula is C5H3Cl2FN2. The van der Waals surface area contributed by atoms with Gasteiger partial charge in [-0.05, 0) is 11.6 Å². The van der Waals surface area contributed by atoms with E-state index >= 15 is 0 Å². The van der Waals surface area contributed by atoms with Gasteiger partial charge in [0.25, 0.3) is 0 Å². The van der Waals surface area contributed by atoms with Gasteiger partial charge in [-0.3, -0.25) is 0 Å². The van der Waals surface area contributed by atoms with Crippen molar-refractivity contribution < 1.29 is 4.39 Å². The van der Waals surface area contributed by atoms with Crippen molar-refractivity contribution in [2.45, 2.75) is 6.17 Å². The Kier molecular flexibility index (Phi) is 2.06. The van der Waals surface area contributed by atoms with Gasteiger partial charge in [-0.2, -0.15) is 0 Å². The van der Waals surface area contributed by atoms with Crippen molar-refractivity contribution >= 4 is 33.7 Å². The average molecular weight is 181 g/mol. The van der Waals surface area contributed by atoms with Crippen LogP contribution in [0.5, 0.6) is 0 Å². The van der Waals surface area contributed by atoms with E-state index in [0.717, 1.165) is 0 Å². The minimum Gasteiger partial charge on any atom is -0.233 e. The van der Waals surface area contributed by atoms with Crippen molar-refractivity contribution in [3.63, 3.8) is 0 Å². The van der Waals surface area contributed by atoms with Crippen LogP contribution in [0.15, 0.2) is 22.3 Å². The lowest BCUT2D eigenvalue weighted by Crippen LogP contribution is -2.16. The summed E-state index contributed by atoms with van der Waals surface area (Å²) in [5.41, 5.74) is -0.00926. The molecule has 0 aromatic carbocycles. The number of hydrogen-bond donors (Lipinski definition) is 0. The summed E-state index contributed by atoms with van der Waals surface area (Å²) in [6.07, 6.45) is -1.50. The molecular weight excluding hydrogens is 178 g/mol. The molecule has 0 aliphatic carbocycles. The molecule has 1 atom stereocenters. The van der Waals surface area contributed by atoms with Gasteiger partial charge in [0.1, 0.15) is 5.17 Å². The normalized spacial score (nSPS) is 25.9. The number of hydrogen-bond acceptors (Lipinski definition) is 2. The zero-order valence-corrected chi connectivity index (χ0v) is 6.32. The maximum Gasteiger partial charge on any atom is 0.223 e. The highest BCUT2D eigenvalue weighted by molar-refractivity contribution is 6.73. The van der Waals surface area contributed by atoms with E-state index in [-0.39, 0.29) is 16.2 Å². The minimum atomic E-state index is -1.50. The predicted molar refractivity (Wildman–Crippen MR) is 40.6 cm³/mol. The van der Waals surface area contributed by atoms with Gasteiger partial charge in [0.15, 0.2) is 6.17 Å². The Bertz CT molecular complexity index is 234. The molecule has 0 amide bonds. The van der Waals surface area contributed by atoms with Gasteiger partial charge in [0.05, 0.1) is 5.70 Å². The van der Waals surface area contributed by atoms with Gasteiger partial charge >= 0.3 is 0 Å². The Morgan fingerprint density at radius 2 is 2.00 bits per heavy atom. The molecule has 5 heteroatoms. The summed E-state index contributed by atoms with van der Waals surface area (Å²) in [4.78, 5) is 6.83. The lowest BCUT2D eigenvalue weighted by atomic mass is 10.3. The molecule has 0 bridgehead atoms. The quantitative estimate of drug-likeness (QED) is 0.511. The standard InChI is InChI=1S/C5H3Cl2FN2/c1-2-3(8)4(6)10-5(7)9-2/h3H,1H2. The number of aliphatic imine (C=N–C) groups is 2. The van der Waals surface area contributed by atoms with Crippen LogP contribution in [0.3, 0.4) is 0 Å². The lowest BCUT2D eigenvalue weighted by Gasteiger charge is -2.09. The molecule has 0 aromatic heterocycles. The Morgan fingerprint density at radius 1 is 1.40 bits per heavy atom. The van der Waals surface area contributed by atoms with Crippen molar-refractivity contribution in [3.05, 3.63) is 12.3 Å². The first-order chi connectivity index (χ1) is 4.61. The molecule has 0 spiro atoms. The molecule has 54 valence electrons. The summed E-state index contributed by atoms with van der Waals surface area (Å²) in [6.45, 7) is 3.28. The summed E-state index contributed by atoms with van der Waals surface area (Å²) in [5.74, 6) is 0. The highest BCUT2D eigenvalue weighted by atomic mass is 35.5. The zero-order chi connectivity index (χ0) is 7.72. The molecule has 1 aliphatic rings. The van der Waals surface area contributed by atoms with Crippen LogP contribution in [0.2, 0.25) is 0 Å². The zero-order valence-electron chi connectivity index (χ0n) is 4.81. The molecule has 0 saturated heterocycles. The first kappa shape index (κ1) is 7.69. The molecule has 1 rings (SSSR count). The van der Waals surface area contributed by atoms with E-state index in [0.29, 0.717) is 0 Å². The van der Waals surface area contributed by atoms with Gasteiger partial charge < -0.3 is 0 Å². The average Bonchev–Trinajstić information content (AvgIpc) is 1.82. The van der Waals surface area contributed by atoms with E-state index in [9.17, 15) is 4.39 Å². The number of alkyl halides is 1. The second kappa shape index (κ2) is 2.68. The monoisotopic (exact) mass is 180 g/mol. The number of nitrogens with zero attached hydrogens (tertiary/aromatic N) is 2. The van der Waals surface area contributed by atoms with Crippen LogP contribution in [-0.4, -0.2) is 16.6 Å². The van der Waals surface area contributed by atoms with Crippen LogP contribution in [0.4, 0.5) is 4.39 Å². The Hall–Kier alpha value is -0.410. The van der Waals surface area contributed by atoms with Gasteiger partial charge in [-0.1, -0.05) is 18.2 Å². The van der Waals surface area contributed by atoms with Crippen molar-refractivity contribution in [1.29, 1.82) is 0 Å². The fraction of sp³-hybridized carbons (Fsp3) is 0.200. The van der Waals surface area contributed by atoms with Crippen LogP contribution < -0.4 is 0 Å². The van der Waals surface area contributed by atoms with Crippen molar-refractivity contribution in [3.8, 4) is 0 Å². The Balaban J connectivity index is 2.95. The largest absolute Gasteiger partial charge is 0.233 e. The van der Waals surface area contributed by atoms with E-state index in [2.05, 4.69) is 16.6 Å².